The van der Waals surface area contributed by atoms with Crippen LogP contribution in [-0.4, -0.2) is 24.3 Å². The third-order valence-corrected chi connectivity index (χ3v) is 5.46. The van der Waals surface area contributed by atoms with Gasteiger partial charge in [-0.05, 0) is 51.6 Å². The fraction of sp³-hybridized carbons (Fsp3) is 0.667. The molecule has 1 atom stereocenters. The van der Waals surface area contributed by atoms with E-state index in [4.69, 9.17) is 14.0 Å². The molecule has 0 N–H and O–H groups in total. The van der Waals surface area contributed by atoms with Crippen molar-refractivity contribution in [3.05, 3.63) is 29.8 Å². The maximum atomic E-state index is 11.5. The van der Waals surface area contributed by atoms with Crippen molar-refractivity contribution in [2.24, 2.45) is 0 Å². The number of carbonyl (C=O) groups excluding carboxylic acids is 1. The van der Waals surface area contributed by atoms with E-state index >= 15 is 0 Å². The van der Waals surface area contributed by atoms with Gasteiger partial charge in [-0.15, -0.1) is 0 Å². The first-order valence-electron chi connectivity index (χ1n) is 9.79. The van der Waals surface area contributed by atoms with Crippen LogP contribution in [0.4, 0.5) is 0 Å². The van der Waals surface area contributed by atoms with Gasteiger partial charge in [-0.3, -0.25) is 4.79 Å². The first kappa shape index (κ1) is 21.0. The molecule has 1 aliphatic heterocycles. The molecule has 1 aromatic rings. The SMILES string of the molecule is CCCCCC[C@@H](OC(C)=O)c1ccc(B2OC(C)(C)C(C)(C)O2)cc1. The molecule has 1 saturated heterocycles. The smallest absolute Gasteiger partial charge is 0.458 e. The van der Waals surface area contributed by atoms with Crippen molar-refractivity contribution < 1.29 is 18.8 Å². The van der Waals surface area contributed by atoms with E-state index in [-0.39, 0.29) is 30.4 Å². The monoisotopic (exact) mass is 360 g/mol. The normalized spacial score (nSPS) is 19.4. The van der Waals surface area contributed by atoms with E-state index in [2.05, 4.69) is 34.6 Å². The summed E-state index contributed by atoms with van der Waals surface area (Å²) < 4.78 is 17.7. The Bertz CT molecular complexity index is 579. The quantitative estimate of drug-likeness (QED) is 0.387. The second-order valence-corrected chi connectivity index (χ2v) is 8.20. The molecule has 144 valence electrons. The molecule has 0 radical (unpaired) electrons. The summed E-state index contributed by atoms with van der Waals surface area (Å²) in [7, 11) is -0.370. The molecule has 1 fully saturated rings. The maximum Gasteiger partial charge on any atom is 0.494 e. The third-order valence-electron chi connectivity index (χ3n) is 5.46. The van der Waals surface area contributed by atoms with Crippen molar-refractivity contribution in [1.29, 1.82) is 0 Å². The topological polar surface area (TPSA) is 44.8 Å². The van der Waals surface area contributed by atoms with Gasteiger partial charge in [0.25, 0.3) is 0 Å². The lowest BCUT2D eigenvalue weighted by molar-refractivity contribution is -0.147. The van der Waals surface area contributed by atoms with E-state index < -0.39 is 0 Å². The standard InChI is InChI=1S/C21H33BO4/c1-7-8-9-10-11-19(24-16(2)23)17-12-14-18(15-13-17)22-25-20(3,4)21(5,6)26-22/h12-15,19H,7-11H2,1-6H3/t19-/m1/s1. The van der Waals surface area contributed by atoms with Crippen LogP contribution in [0.2, 0.25) is 0 Å². The van der Waals surface area contributed by atoms with Crippen LogP contribution < -0.4 is 5.46 Å². The lowest BCUT2D eigenvalue weighted by atomic mass is 9.78. The minimum absolute atomic E-state index is 0.184. The number of esters is 1. The molecule has 0 unspecified atom stereocenters. The van der Waals surface area contributed by atoms with Gasteiger partial charge in [-0.25, -0.2) is 0 Å². The van der Waals surface area contributed by atoms with Gasteiger partial charge in [-0.2, -0.15) is 0 Å². The van der Waals surface area contributed by atoms with Crippen molar-refractivity contribution in [3.63, 3.8) is 0 Å². The van der Waals surface area contributed by atoms with Crippen LogP contribution in [0.15, 0.2) is 24.3 Å². The summed E-state index contributed by atoms with van der Waals surface area (Å²) in [5, 5.41) is 0. The molecule has 0 saturated carbocycles. The van der Waals surface area contributed by atoms with Crippen molar-refractivity contribution in [2.45, 2.75) is 91.0 Å². The van der Waals surface area contributed by atoms with Gasteiger partial charge >= 0.3 is 13.1 Å². The maximum absolute atomic E-state index is 11.5. The van der Waals surface area contributed by atoms with Crippen molar-refractivity contribution in [1.82, 2.24) is 0 Å². The number of ether oxygens (including phenoxy) is 1. The van der Waals surface area contributed by atoms with Gasteiger partial charge in [0.05, 0.1) is 11.2 Å². The van der Waals surface area contributed by atoms with Crippen LogP contribution >= 0.6 is 0 Å². The predicted molar refractivity (Wildman–Crippen MR) is 105 cm³/mol. The van der Waals surface area contributed by atoms with Gasteiger partial charge in [0.2, 0.25) is 0 Å². The lowest BCUT2D eigenvalue weighted by Gasteiger charge is -2.32. The minimum atomic E-state index is -0.370. The fourth-order valence-corrected chi connectivity index (χ4v) is 3.10. The number of benzene rings is 1. The summed E-state index contributed by atoms with van der Waals surface area (Å²) in [5.74, 6) is -0.236. The molecule has 1 aliphatic rings. The first-order chi connectivity index (χ1) is 12.2. The average molecular weight is 360 g/mol. The Hall–Kier alpha value is -1.33. The Balaban J connectivity index is 2.07. The zero-order chi connectivity index (χ0) is 19.4. The number of hydrogen-bond donors (Lipinski definition) is 0. The molecule has 1 heterocycles. The molecule has 4 nitrogen and oxygen atoms in total. The van der Waals surface area contributed by atoms with E-state index in [9.17, 15) is 4.79 Å². The molecule has 2 rings (SSSR count). The van der Waals surface area contributed by atoms with Crippen LogP contribution in [-0.2, 0) is 18.8 Å². The lowest BCUT2D eigenvalue weighted by Crippen LogP contribution is -2.41. The minimum Gasteiger partial charge on any atom is -0.458 e. The Labute approximate surface area is 158 Å². The zero-order valence-corrected chi connectivity index (χ0v) is 17.1. The molecular formula is C21H33BO4. The van der Waals surface area contributed by atoms with E-state index in [0.717, 1.165) is 23.9 Å². The van der Waals surface area contributed by atoms with E-state index in [1.54, 1.807) is 0 Å². The highest BCUT2D eigenvalue weighted by Gasteiger charge is 2.51. The largest absolute Gasteiger partial charge is 0.494 e. The molecule has 26 heavy (non-hydrogen) atoms. The Kier molecular flexibility index (Phi) is 6.92. The molecule has 0 aromatic heterocycles. The number of unbranched alkanes of at least 4 members (excludes halogenated alkanes) is 3. The molecule has 0 amide bonds. The highest BCUT2D eigenvalue weighted by Crippen LogP contribution is 2.36. The highest BCUT2D eigenvalue weighted by molar-refractivity contribution is 6.62. The molecule has 0 bridgehead atoms. The predicted octanol–water partition coefficient (Wildman–Crippen LogP) is 4.56. The van der Waals surface area contributed by atoms with Crippen molar-refractivity contribution >= 4 is 18.6 Å². The van der Waals surface area contributed by atoms with Gasteiger partial charge in [0, 0.05) is 6.92 Å². The van der Waals surface area contributed by atoms with E-state index in [1.165, 1.54) is 26.2 Å². The first-order valence-corrected chi connectivity index (χ1v) is 9.79. The Morgan fingerprint density at radius 1 is 1.04 bits per heavy atom. The van der Waals surface area contributed by atoms with Gasteiger partial charge in [0.15, 0.2) is 0 Å². The molecule has 0 spiro atoms. The number of rotatable bonds is 8. The molecule has 5 heteroatoms. The summed E-state index contributed by atoms with van der Waals surface area (Å²) in [6.45, 7) is 11.9. The van der Waals surface area contributed by atoms with Crippen molar-refractivity contribution in [3.8, 4) is 0 Å². The average Bonchev–Trinajstić information content (AvgIpc) is 2.78. The van der Waals surface area contributed by atoms with Crippen LogP contribution in [0.1, 0.15) is 85.3 Å². The fourth-order valence-electron chi connectivity index (χ4n) is 3.10. The second kappa shape index (κ2) is 8.58. The molecule has 1 aromatic carbocycles. The summed E-state index contributed by atoms with van der Waals surface area (Å²) in [6, 6.07) is 8.07. The Morgan fingerprint density at radius 3 is 2.12 bits per heavy atom. The molecular weight excluding hydrogens is 327 g/mol. The summed E-state index contributed by atoms with van der Waals surface area (Å²) in [5.41, 5.74) is 1.31. The van der Waals surface area contributed by atoms with E-state index in [0.29, 0.717) is 0 Å². The van der Waals surface area contributed by atoms with Crippen LogP contribution in [0.5, 0.6) is 0 Å². The van der Waals surface area contributed by atoms with Crippen molar-refractivity contribution in [2.75, 3.05) is 0 Å². The number of carbonyl (C=O) groups is 1. The Morgan fingerprint density at radius 2 is 1.62 bits per heavy atom. The zero-order valence-electron chi connectivity index (χ0n) is 17.1. The second-order valence-electron chi connectivity index (χ2n) is 8.20. The van der Waals surface area contributed by atoms with Gasteiger partial charge < -0.3 is 14.0 Å². The highest BCUT2D eigenvalue weighted by atomic mass is 16.7. The summed E-state index contributed by atoms with van der Waals surface area (Å²) in [6.07, 6.45) is 5.31. The summed E-state index contributed by atoms with van der Waals surface area (Å²) >= 11 is 0. The van der Waals surface area contributed by atoms with Crippen LogP contribution in [0.25, 0.3) is 0 Å². The van der Waals surface area contributed by atoms with Gasteiger partial charge in [0.1, 0.15) is 6.10 Å². The van der Waals surface area contributed by atoms with Crippen LogP contribution in [0, 0.1) is 0 Å². The van der Waals surface area contributed by atoms with E-state index in [1.807, 2.05) is 24.3 Å². The third kappa shape index (κ3) is 5.11. The van der Waals surface area contributed by atoms with Gasteiger partial charge in [-0.1, -0.05) is 50.5 Å². The molecule has 0 aliphatic carbocycles. The number of hydrogen-bond acceptors (Lipinski definition) is 4. The van der Waals surface area contributed by atoms with Crippen LogP contribution in [0.3, 0.4) is 0 Å². The summed E-state index contributed by atoms with van der Waals surface area (Å²) in [4.78, 5) is 11.5.